The number of hydrogen-bond acceptors (Lipinski definition) is 2. The van der Waals surface area contributed by atoms with E-state index in [1.807, 2.05) is 6.26 Å². The van der Waals surface area contributed by atoms with E-state index in [-0.39, 0.29) is 0 Å². The third-order valence-corrected chi connectivity index (χ3v) is 1.30. The van der Waals surface area contributed by atoms with Crippen LogP contribution in [0.25, 0.3) is 0 Å². The van der Waals surface area contributed by atoms with Crippen LogP contribution in [0.4, 0.5) is 4.79 Å². The zero-order chi connectivity index (χ0) is 7.11. The first-order valence-electron chi connectivity index (χ1n) is 2.51. The topological polar surface area (TPSA) is 49.7 Å². The van der Waals surface area contributed by atoms with E-state index in [0.29, 0.717) is 0 Å². The Morgan fingerprint density at radius 2 is 2.56 bits per heavy atom. The van der Waals surface area contributed by atoms with Gasteiger partial charge in [0.25, 0.3) is 0 Å². The summed E-state index contributed by atoms with van der Waals surface area (Å²) in [5.41, 5.74) is 0. The van der Waals surface area contributed by atoms with Gasteiger partial charge in [0.2, 0.25) is 0 Å². The maximum atomic E-state index is 9.76. The summed E-state index contributed by atoms with van der Waals surface area (Å²) in [4.78, 5) is 12.9. The Kier molecular flexibility index (Phi) is 5.30. The first kappa shape index (κ1) is 8.49. The van der Waals surface area contributed by atoms with Crippen LogP contribution in [0.2, 0.25) is 0 Å². The van der Waals surface area contributed by atoms with E-state index in [1.54, 1.807) is 11.8 Å². The van der Waals surface area contributed by atoms with Crippen molar-refractivity contribution in [3.05, 3.63) is 0 Å². The molecule has 0 unspecified atom stereocenters. The predicted molar refractivity (Wildman–Crippen MR) is 39.5 cm³/mol. The number of rotatable bonds is 3. The van der Waals surface area contributed by atoms with Crippen molar-refractivity contribution >= 4 is 24.1 Å². The summed E-state index contributed by atoms with van der Waals surface area (Å²) in [6, 6.07) is 0. The molecule has 0 aromatic heterocycles. The van der Waals surface area contributed by atoms with Gasteiger partial charge in [0.1, 0.15) is 0 Å². The summed E-state index contributed by atoms with van der Waals surface area (Å²) in [7, 11) is 0. The third kappa shape index (κ3) is 7.49. The second-order valence-corrected chi connectivity index (χ2v) is 2.36. The monoisotopic (exact) mass is 147 g/mol. The van der Waals surface area contributed by atoms with Gasteiger partial charge >= 0.3 is 6.09 Å². The number of thioether (sulfide) groups is 1. The van der Waals surface area contributed by atoms with Crippen LogP contribution in [0, 0.1) is 0 Å². The molecule has 0 aliphatic carbocycles. The molecule has 1 N–H and O–H groups in total. The average Bonchev–Trinajstić information content (AvgIpc) is 1.80. The van der Waals surface area contributed by atoms with E-state index in [0.717, 1.165) is 12.2 Å². The molecule has 3 nitrogen and oxygen atoms in total. The van der Waals surface area contributed by atoms with E-state index in [1.165, 1.54) is 6.21 Å². The molecule has 0 spiro atoms. The standard InChI is InChI=1S/C5H9NO2S/c1-9-4-2-3-6-5(7)8/h3H,2,4H2,1H3,(H,7,8). The van der Waals surface area contributed by atoms with Crippen LogP contribution in [-0.2, 0) is 0 Å². The van der Waals surface area contributed by atoms with Crippen molar-refractivity contribution in [3.8, 4) is 0 Å². The Morgan fingerprint density at radius 1 is 1.89 bits per heavy atom. The maximum absolute atomic E-state index is 9.76. The van der Waals surface area contributed by atoms with Gasteiger partial charge in [0, 0.05) is 6.21 Å². The van der Waals surface area contributed by atoms with Gasteiger partial charge in [0.15, 0.2) is 0 Å². The maximum Gasteiger partial charge on any atom is 0.430 e. The van der Waals surface area contributed by atoms with Crippen molar-refractivity contribution in [3.63, 3.8) is 0 Å². The molecule has 0 radical (unpaired) electrons. The van der Waals surface area contributed by atoms with Crippen molar-refractivity contribution in [1.82, 2.24) is 0 Å². The van der Waals surface area contributed by atoms with Crippen molar-refractivity contribution in [2.45, 2.75) is 6.42 Å². The highest BCUT2D eigenvalue weighted by atomic mass is 32.2. The second-order valence-electron chi connectivity index (χ2n) is 1.38. The van der Waals surface area contributed by atoms with Gasteiger partial charge in [-0.3, -0.25) is 0 Å². The predicted octanol–water partition coefficient (Wildman–Crippen LogP) is 1.49. The van der Waals surface area contributed by atoms with Crippen molar-refractivity contribution in [1.29, 1.82) is 0 Å². The number of carboxylic acid groups (broad SMARTS) is 1. The lowest BCUT2D eigenvalue weighted by Gasteiger charge is -1.84. The minimum atomic E-state index is -1.11. The molecule has 52 valence electrons. The highest BCUT2D eigenvalue weighted by molar-refractivity contribution is 7.98. The summed E-state index contributed by atoms with van der Waals surface area (Å²) in [5.74, 6) is 0.927. The molecule has 4 heteroatoms. The SMILES string of the molecule is CSCCC=NC(=O)O. The Hall–Kier alpha value is -0.510. The molecular weight excluding hydrogens is 138 g/mol. The summed E-state index contributed by atoms with van der Waals surface area (Å²) < 4.78 is 0. The molecule has 0 fully saturated rings. The van der Waals surface area contributed by atoms with Gasteiger partial charge in [-0.1, -0.05) is 0 Å². The number of hydrogen-bond donors (Lipinski definition) is 1. The normalized spacial score (nSPS) is 10.3. The van der Waals surface area contributed by atoms with E-state index in [2.05, 4.69) is 4.99 Å². The van der Waals surface area contributed by atoms with E-state index in [9.17, 15) is 4.79 Å². The minimum Gasteiger partial charge on any atom is -0.463 e. The van der Waals surface area contributed by atoms with E-state index < -0.39 is 6.09 Å². The highest BCUT2D eigenvalue weighted by Gasteiger charge is 1.84. The fourth-order valence-corrected chi connectivity index (χ4v) is 0.654. The van der Waals surface area contributed by atoms with Gasteiger partial charge in [-0.25, -0.2) is 4.79 Å². The summed E-state index contributed by atoms with van der Waals surface area (Å²) >= 11 is 1.67. The zero-order valence-corrected chi connectivity index (χ0v) is 6.02. The molecule has 0 aliphatic heterocycles. The fourth-order valence-electron chi connectivity index (χ4n) is 0.313. The fraction of sp³-hybridized carbons (Fsp3) is 0.600. The Bertz CT molecular complexity index is 114. The lowest BCUT2D eigenvalue weighted by atomic mass is 10.5. The Morgan fingerprint density at radius 3 is 3.00 bits per heavy atom. The van der Waals surface area contributed by atoms with Crippen LogP contribution in [0.3, 0.4) is 0 Å². The minimum absolute atomic E-state index is 0.730. The van der Waals surface area contributed by atoms with Crippen LogP contribution < -0.4 is 0 Å². The third-order valence-electron chi connectivity index (χ3n) is 0.653. The number of nitrogens with zero attached hydrogens (tertiary/aromatic N) is 1. The number of aliphatic imine (C=N–C) groups is 1. The van der Waals surface area contributed by atoms with Crippen LogP contribution in [0.1, 0.15) is 6.42 Å². The molecule has 0 heterocycles. The van der Waals surface area contributed by atoms with E-state index >= 15 is 0 Å². The molecule has 0 rings (SSSR count). The Balaban J connectivity index is 3.15. The molecule has 0 saturated carbocycles. The van der Waals surface area contributed by atoms with Crippen molar-refractivity contribution in [2.24, 2.45) is 4.99 Å². The number of carbonyl (C=O) groups is 1. The lowest BCUT2D eigenvalue weighted by Crippen LogP contribution is -1.87. The molecule has 0 atom stereocenters. The van der Waals surface area contributed by atoms with Crippen LogP contribution in [0.15, 0.2) is 4.99 Å². The smallest absolute Gasteiger partial charge is 0.430 e. The van der Waals surface area contributed by atoms with Crippen molar-refractivity contribution < 1.29 is 9.90 Å². The summed E-state index contributed by atoms with van der Waals surface area (Å²) in [5, 5.41) is 8.01. The van der Waals surface area contributed by atoms with Gasteiger partial charge in [0.05, 0.1) is 0 Å². The first-order chi connectivity index (χ1) is 4.27. The van der Waals surface area contributed by atoms with Crippen LogP contribution in [0.5, 0.6) is 0 Å². The molecule has 1 amide bonds. The van der Waals surface area contributed by atoms with Gasteiger partial charge < -0.3 is 5.11 Å². The largest absolute Gasteiger partial charge is 0.463 e. The molecule has 0 aliphatic rings. The van der Waals surface area contributed by atoms with Crippen LogP contribution >= 0.6 is 11.8 Å². The Labute approximate surface area is 58.2 Å². The van der Waals surface area contributed by atoms with Gasteiger partial charge in [-0.15, -0.1) is 0 Å². The first-order valence-corrected chi connectivity index (χ1v) is 3.91. The molecule has 0 saturated heterocycles. The second kappa shape index (κ2) is 5.62. The average molecular weight is 147 g/mol. The van der Waals surface area contributed by atoms with E-state index in [4.69, 9.17) is 5.11 Å². The molecular formula is C5H9NO2S. The summed E-state index contributed by atoms with van der Waals surface area (Å²) in [6.45, 7) is 0. The molecule has 0 bridgehead atoms. The highest BCUT2D eigenvalue weighted by Crippen LogP contribution is 1.91. The quantitative estimate of drug-likeness (QED) is 0.486. The van der Waals surface area contributed by atoms with Crippen molar-refractivity contribution in [2.75, 3.05) is 12.0 Å². The summed E-state index contributed by atoms with van der Waals surface area (Å²) in [6.07, 6.45) is 3.00. The molecule has 9 heavy (non-hydrogen) atoms. The number of amides is 1. The molecule has 0 aromatic carbocycles. The van der Waals surface area contributed by atoms with Gasteiger partial charge in [-0.2, -0.15) is 16.8 Å². The lowest BCUT2D eigenvalue weighted by molar-refractivity contribution is 0.206. The zero-order valence-electron chi connectivity index (χ0n) is 5.20. The van der Waals surface area contributed by atoms with Crippen LogP contribution in [-0.4, -0.2) is 29.4 Å². The van der Waals surface area contributed by atoms with Gasteiger partial charge in [-0.05, 0) is 18.4 Å². The molecule has 0 aromatic rings.